The molecular weight excluding hydrogens is 576 g/mol. The van der Waals surface area contributed by atoms with E-state index in [-0.39, 0.29) is 5.82 Å². The van der Waals surface area contributed by atoms with Gasteiger partial charge in [0.2, 0.25) is 10.0 Å². The molecule has 0 spiro atoms. The molecule has 0 bridgehead atoms. The van der Waals surface area contributed by atoms with Crippen LogP contribution < -0.4 is 4.72 Å². The minimum atomic E-state index is -4.72. The van der Waals surface area contributed by atoms with Gasteiger partial charge < -0.3 is 0 Å². The number of benzene rings is 2. The molecule has 0 saturated carbocycles. The van der Waals surface area contributed by atoms with Crippen molar-refractivity contribution < 1.29 is 43.2 Å². The van der Waals surface area contributed by atoms with Gasteiger partial charge in [-0.1, -0.05) is 0 Å². The van der Waals surface area contributed by atoms with E-state index in [1.54, 1.807) is 0 Å². The zero-order valence-corrected chi connectivity index (χ0v) is 20.8. The van der Waals surface area contributed by atoms with Gasteiger partial charge in [0.15, 0.2) is 11.6 Å². The molecule has 2 aromatic carbocycles. The highest BCUT2D eigenvalue weighted by molar-refractivity contribution is 7.90. The molecule has 2 aromatic heterocycles. The molecule has 0 amide bonds. The summed E-state index contributed by atoms with van der Waals surface area (Å²) in [7, 11) is -9.13. The van der Waals surface area contributed by atoms with Crippen molar-refractivity contribution in [2.75, 3.05) is 0 Å². The van der Waals surface area contributed by atoms with E-state index >= 15 is 0 Å². The van der Waals surface area contributed by atoms with Gasteiger partial charge in [0.05, 0.1) is 27.5 Å². The maximum absolute atomic E-state index is 13.3. The minimum absolute atomic E-state index is 0.170. The largest absolute Gasteiger partial charge is 0.416 e. The first-order valence-corrected chi connectivity index (χ1v) is 13.5. The smallest absolute Gasteiger partial charge is 0.265 e. The lowest BCUT2D eigenvalue weighted by molar-refractivity contribution is -0.138. The summed E-state index contributed by atoms with van der Waals surface area (Å²) >= 11 is 0. The lowest BCUT2D eigenvalue weighted by Gasteiger charge is -2.11. The molecule has 1 N–H and O–H groups in total. The average Bonchev–Trinajstić information content (AvgIpc) is 3.33. The molecule has 0 aliphatic rings. The zero-order valence-electron chi connectivity index (χ0n) is 19.1. The molecule has 2 heterocycles. The Morgan fingerprint density at radius 3 is 1.69 bits per heavy atom. The fourth-order valence-corrected chi connectivity index (χ4v) is 5.46. The predicted octanol–water partition coefficient (Wildman–Crippen LogP) is 4.09. The van der Waals surface area contributed by atoms with Crippen LogP contribution in [0.2, 0.25) is 0 Å². The van der Waals surface area contributed by atoms with Crippen LogP contribution in [-0.4, -0.2) is 36.0 Å². The van der Waals surface area contributed by atoms with Crippen molar-refractivity contribution in [2.24, 2.45) is 0 Å². The number of pyridine rings is 1. The summed E-state index contributed by atoms with van der Waals surface area (Å²) in [6, 6.07) is 7.96. The van der Waals surface area contributed by atoms with Crippen LogP contribution in [0.3, 0.4) is 0 Å². The molecule has 4 rings (SSSR count). The van der Waals surface area contributed by atoms with Crippen LogP contribution >= 0.6 is 0 Å². The summed E-state index contributed by atoms with van der Waals surface area (Å²) < 4.78 is 132. The maximum atomic E-state index is 13.3. The van der Waals surface area contributed by atoms with Crippen molar-refractivity contribution in [3.63, 3.8) is 0 Å². The highest BCUT2D eigenvalue weighted by Gasteiger charge is 2.33. The van der Waals surface area contributed by atoms with Crippen molar-refractivity contribution >= 4 is 20.0 Å². The molecule has 9 nitrogen and oxygen atoms in total. The molecular formula is C22H15F6N5O4S2. The highest BCUT2D eigenvalue weighted by Crippen LogP contribution is 2.31. The molecule has 0 radical (unpaired) electrons. The highest BCUT2D eigenvalue weighted by atomic mass is 32.2. The number of alkyl halides is 6. The van der Waals surface area contributed by atoms with Crippen molar-refractivity contribution in [3.05, 3.63) is 90.0 Å². The topological polar surface area (TPSA) is 124 Å². The van der Waals surface area contributed by atoms with E-state index in [1.807, 2.05) is 4.72 Å². The third-order valence-electron chi connectivity index (χ3n) is 5.20. The van der Waals surface area contributed by atoms with Crippen LogP contribution in [0.5, 0.6) is 0 Å². The number of hydrogen-bond acceptors (Lipinski definition) is 7. The fraction of sp³-hybridized carbons (Fsp3) is 0.136. The van der Waals surface area contributed by atoms with Gasteiger partial charge >= 0.3 is 12.4 Å². The van der Waals surface area contributed by atoms with E-state index < -0.39 is 65.7 Å². The molecule has 4 aromatic rings. The molecule has 17 heteroatoms. The van der Waals surface area contributed by atoms with Gasteiger partial charge in [-0.25, -0.2) is 18.1 Å². The Morgan fingerprint density at radius 2 is 1.21 bits per heavy atom. The molecule has 0 unspecified atom stereocenters. The monoisotopic (exact) mass is 591 g/mol. The first kappa shape index (κ1) is 28.2. The van der Waals surface area contributed by atoms with Gasteiger partial charge in [-0.2, -0.15) is 34.8 Å². The second-order valence-electron chi connectivity index (χ2n) is 7.80. The molecule has 0 aliphatic carbocycles. The Kier molecular flexibility index (Phi) is 7.26. The lowest BCUT2D eigenvalue weighted by atomic mass is 10.2. The van der Waals surface area contributed by atoms with E-state index in [4.69, 9.17) is 0 Å². The summed E-state index contributed by atoms with van der Waals surface area (Å²) in [6.45, 7) is -0.790. The van der Waals surface area contributed by atoms with E-state index in [0.717, 1.165) is 12.1 Å². The number of rotatable bonds is 7. The standard InChI is InChI=1S/C22H15F6N5O4S2/c23-21(24,25)15-1-5-17(6-2-15)38(34,35)30-13-19-31-20(14-9-11-29-12-10-14)32-33(19)39(36,37)18-7-3-16(4-8-18)22(26,27)28/h1-12,30H,13H2. The van der Waals surface area contributed by atoms with E-state index in [2.05, 4.69) is 15.1 Å². The number of nitrogens with one attached hydrogen (secondary N) is 1. The third-order valence-corrected chi connectivity index (χ3v) is 8.23. The first-order valence-electron chi connectivity index (χ1n) is 10.6. The average molecular weight is 592 g/mol. The quantitative estimate of drug-likeness (QED) is 0.321. The van der Waals surface area contributed by atoms with E-state index in [0.29, 0.717) is 46.0 Å². The summed E-state index contributed by atoms with van der Waals surface area (Å²) in [6.07, 6.45) is -6.70. The zero-order chi connectivity index (χ0) is 28.6. The Morgan fingerprint density at radius 1 is 0.718 bits per heavy atom. The van der Waals surface area contributed by atoms with E-state index in [9.17, 15) is 43.2 Å². The Balaban J connectivity index is 1.70. The van der Waals surface area contributed by atoms with Crippen LogP contribution in [0.15, 0.2) is 82.8 Å². The number of sulfonamides is 1. The summed E-state index contributed by atoms with van der Waals surface area (Å²) in [5.41, 5.74) is -1.88. The molecule has 39 heavy (non-hydrogen) atoms. The van der Waals surface area contributed by atoms with Crippen molar-refractivity contribution in [1.29, 1.82) is 0 Å². The van der Waals surface area contributed by atoms with E-state index in [1.165, 1.54) is 24.5 Å². The number of hydrogen-bond donors (Lipinski definition) is 1. The SMILES string of the molecule is O=S(=O)(NCc1nc(-c2ccncc2)nn1S(=O)(=O)c1ccc(C(F)(F)F)cc1)c1ccc(C(F)(F)F)cc1. The van der Waals surface area contributed by atoms with Gasteiger partial charge in [-0.15, -0.1) is 9.19 Å². The van der Waals surface area contributed by atoms with Crippen LogP contribution in [0.1, 0.15) is 17.0 Å². The normalized spacial score (nSPS) is 13.0. The number of aromatic nitrogens is 4. The molecule has 206 valence electrons. The van der Waals surface area contributed by atoms with Crippen LogP contribution in [-0.2, 0) is 38.9 Å². The molecule has 0 aliphatic heterocycles. The first-order chi connectivity index (χ1) is 18.1. The fourth-order valence-electron chi connectivity index (χ4n) is 3.24. The van der Waals surface area contributed by atoms with Gasteiger partial charge in [0, 0.05) is 18.0 Å². The Labute approximate surface area is 217 Å². The lowest BCUT2D eigenvalue weighted by Crippen LogP contribution is -2.27. The van der Waals surface area contributed by atoms with Crippen molar-refractivity contribution in [2.45, 2.75) is 28.7 Å². The molecule has 0 fully saturated rings. The second kappa shape index (κ2) is 10.0. The summed E-state index contributed by atoms with van der Waals surface area (Å²) in [5, 5.41) is 3.92. The van der Waals surface area contributed by atoms with Gasteiger partial charge in [0.1, 0.15) is 0 Å². The summed E-state index contributed by atoms with van der Waals surface area (Å²) in [5.74, 6) is -0.645. The van der Waals surface area contributed by atoms with Crippen LogP contribution in [0, 0.1) is 0 Å². The van der Waals surface area contributed by atoms with Gasteiger partial charge in [-0.3, -0.25) is 4.98 Å². The van der Waals surface area contributed by atoms with Crippen molar-refractivity contribution in [3.8, 4) is 11.4 Å². The third kappa shape index (κ3) is 6.10. The van der Waals surface area contributed by atoms with Crippen LogP contribution in [0.4, 0.5) is 26.3 Å². The maximum Gasteiger partial charge on any atom is 0.416 e. The number of halogens is 6. The Hall–Kier alpha value is -3.83. The Bertz CT molecular complexity index is 1690. The minimum Gasteiger partial charge on any atom is -0.265 e. The van der Waals surface area contributed by atoms with Crippen molar-refractivity contribution in [1.82, 2.24) is 23.9 Å². The number of nitrogens with zero attached hydrogens (tertiary/aromatic N) is 4. The van der Waals surface area contributed by atoms with Gasteiger partial charge in [-0.05, 0) is 60.7 Å². The molecule has 0 atom stereocenters. The van der Waals surface area contributed by atoms with Crippen LogP contribution in [0.25, 0.3) is 11.4 Å². The molecule has 0 saturated heterocycles. The van der Waals surface area contributed by atoms with Gasteiger partial charge in [0.25, 0.3) is 10.0 Å². The second-order valence-corrected chi connectivity index (χ2v) is 11.3. The summed E-state index contributed by atoms with van der Waals surface area (Å²) in [4.78, 5) is 6.75. The predicted molar refractivity (Wildman–Crippen MR) is 123 cm³/mol.